The molecule has 0 bridgehead atoms. The van der Waals surface area contributed by atoms with Gasteiger partial charge in [0.15, 0.2) is 0 Å². The third-order valence-corrected chi connectivity index (χ3v) is 3.54. The lowest BCUT2D eigenvalue weighted by Crippen LogP contribution is -2.39. The third kappa shape index (κ3) is 3.84. The van der Waals surface area contributed by atoms with Crippen molar-refractivity contribution in [3.63, 3.8) is 0 Å². The van der Waals surface area contributed by atoms with Crippen molar-refractivity contribution in [3.8, 4) is 5.88 Å². The molecular weight excluding hydrogens is 274 g/mol. The van der Waals surface area contributed by atoms with Crippen molar-refractivity contribution in [2.45, 2.75) is 12.8 Å². The molecular formula is C14H19N3O4. The van der Waals surface area contributed by atoms with Crippen molar-refractivity contribution >= 4 is 12.0 Å². The molecule has 1 saturated heterocycles. The summed E-state index contributed by atoms with van der Waals surface area (Å²) in [5.74, 6) is -0.738. The van der Waals surface area contributed by atoms with Gasteiger partial charge in [0.1, 0.15) is 0 Å². The van der Waals surface area contributed by atoms with Gasteiger partial charge in [0.2, 0.25) is 5.88 Å². The van der Waals surface area contributed by atoms with Crippen LogP contribution in [0.1, 0.15) is 12.0 Å². The van der Waals surface area contributed by atoms with Crippen molar-refractivity contribution in [3.05, 3.63) is 23.9 Å². The molecule has 0 radical (unpaired) electrons. The molecule has 0 spiro atoms. The number of carboxylic acids is 1. The summed E-state index contributed by atoms with van der Waals surface area (Å²) in [6.45, 7) is 1.21. The Hall–Kier alpha value is -2.31. The van der Waals surface area contributed by atoms with Crippen LogP contribution < -0.4 is 10.1 Å². The summed E-state index contributed by atoms with van der Waals surface area (Å²) in [5, 5.41) is 11.7. The van der Waals surface area contributed by atoms with Crippen LogP contribution in [0.3, 0.4) is 0 Å². The molecule has 0 aliphatic carbocycles. The highest BCUT2D eigenvalue weighted by molar-refractivity contribution is 5.77. The first-order valence-electron chi connectivity index (χ1n) is 6.85. The lowest BCUT2D eigenvalue weighted by Gasteiger charge is -2.16. The number of carboxylic acid groups (broad SMARTS) is 1. The fourth-order valence-corrected chi connectivity index (χ4v) is 2.36. The van der Waals surface area contributed by atoms with E-state index in [0.717, 1.165) is 5.56 Å². The van der Waals surface area contributed by atoms with Gasteiger partial charge in [-0.2, -0.15) is 0 Å². The largest absolute Gasteiger partial charge is 0.481 e. The molecule has 0 aromatic carbocycles. The number of aromatic nitrogens is 1. The Kier molecular flexibility index (Phi) is 4.97. The van der Waals surface area contributed by atoms with Crippen molar-refractivity contribution in [2.24, 2.45) is 5.92 Å². The van der Waals surface area contributed by atoms with E-state index < -0.39 is 11.9 Å². The van der Waals surface area contributed by atoms with Gasteiger partial charge in [-0.05, 0) is 18.9 Å². The second-order valence-electron chi connectivity index (χ2n) is 4.92. The first kappa shape index (κ1) is 15.1. The van der Waals surface area contributed by atoms with E-state index >= 15 is 0 Å². The van der Waals surface area contributed by atoms with Crippen LogP contribution in [0.15, 0.2) is 18.3 Å². The number of likely N-dealkylation sites (tertiary alicyclic amines) is 1. The van der Waals surface area contributed by atoms with Crippen LogP contribution >= 0.6 is 0 Å². The van der Waals surface area contributed by atoms with Gasteiger partial charge in [0.25, 0.3) is 0 Å². The summed E-state index contributed by atoms with van der Waals surface area (Å²) in [7, 11) is 1.56. The maximum Gasteiger partial charge on any atom is 0.317 e. The standard InChI is InChI=1S/C14H19N3O4/c1-21-12-10(3-2-6-15-12)4-7-16-14(20)17-8-5-11(9-17)13(18)19/h2-3,6,11H,4-5,7-9H2,1H3,(H,16,20)(H,18,19). The number of ether oxygens (including phenoxy) is 1. The van der Waals surface area contributed by atoms with Crippen molar-refractivity contribution in [1.29, 1.82) is 0 Å². The molecule has 0 saturated carbocycles. The predicted molar refractivity (Wildman–Crippen MR) is 75.2 cm³/mol. The molecule has 1 aromatic heterocycles. The fourth-order valence-electron chi connectivity index (χ4n) is 2.36. The minimum atomic E-state index is -0.842. The number of nitrogens with one attached hydrogen (secondary N) is 1. The van der Waals surface area contributed by atoms with Crippen molar-refractivity contribution < 1.29 is 19.4 Å². The molecule has 1 aromatic rings. The first-order valence-corrected chi connectivity index (χ1v) is 6.85. The topological polar surface area (TPSA) is 91.8 Å². The number of hydrogen-bond acceptors (Lipinski definition) is 4. The van der Waals surface area contributed by atoms with Crippen molar-refractivity contribution in [1.82, 2.24) is 15.2 Å². The van der Waals surface area contributed by atoms with Gasteiger partial charge < -0.3 is 20.1 Å². The summed E-state index contributed by atoms with van der Waals surface area (Å²) in [6.07, 6.45) is 2.77. The van der Waals surface area contributed by atoms with Gasteiger partial charge in [0.05, 0.1) is 13.0 Å². The molecule has 114 valence electrons. The van der Waals surface area contributed by atoms with E-state index in [0.29, 0.717) is 31.8 Å². The third-order valence-electron chi connectivity index (χ3n) is 3.54. The molecule has 7 heteroatoms. The molecule has 2 amide bonds. The Morgan fingerprint density at radius 2 is 2.38 bits per heavy atom. The second kappa shape index (κ2) is 6.92. The van der Waals surface area contributed by atoms with Crippen LogP contribution in [0.25, 0.3) is 0 Å². The number of aliphatic carboxylic acids is 1. The van der Waals surface area contributed by atoms with E-state index in [2.05, 4.69) is 10.3 Å². The summed E-state index contributed by atoms with van der Waals surface area (Å²) in [6, 6.07) is 3.49. The summed E-state index contributed by atoms with van der Waals surface area (Å²) in [5.41, 5.74) is 0.921. The lowest BCUT2D eigenvalue weighted by atomic mass is 10.1. The minimum absolute atomic E-state index is 0.221. The highest BCUT2D eigenvalue weighted by Gasteiger charge is 2.30. The lowest BCUT2D eigenvalue weighted by molar-refractivity contribution is -0.141. The van der Waals surface area contributed by atoms with Gasteiger partial charge in [0, 0.05) is 31.4 Å². The van der Waals surface area contributed by atoms with Crippen molar-refractivity contribution in [2.75, 3.05) is 26.7 Å². The second-order valence-corrected chi connectivity index (χ2v) is 4.92. The monoisotopic (exact) mass is 293 g/mol. The Morgan fingerprint density at radius 3 is 3.05 bits per heavy atom. The molecule has 2 rings (SSSR count). The maximum atomic E-state index is 11.9. The zero-order valence-electron chi connectivity index (χ0n) is 11.9. The van der Waals surface area contributed by atoms with E-state index in [1.54, 1.807) is 18.2 Å². The van der Waals surface area contributed by atoms with Crippen LogP contribution in [-0.4, -0.2) is 53.7 Å². The van der Waals surface area contributed by atoms with E-state index in [1.165, 1.54) is 0 Å². The number of hydrogen-bond donors (Lipinski definition) is 2. The zero-order chi connectivity index (χ0) is 15.2. The number of nitrogens with zero attached hydrogens (tertiary/aromatic N) is 2. The molecule has 1 aliphatic heterocycles. The van der Waals surface area contributed by atoms with Gasteiger partial charge >= 0.3 is 12.0 Å². The minimum Gasteiger partial charge on any atom is -0.481 e. The number of pyridine rings is 1. The average Bonchev–Trinajstić information content (AvgIpc) is 2.98. The summed E-state index contributed by atoms with van der Waals surface area (Å²) < 4.78 is 5.14. The van der Waals surface area contributed by atoms with E-state index in [4.69, 9.17) is 9.84 Å². The Balaban J connectivity index is 1.78. The van der Waals surface area contributed by atoms with Gasteiger partial charge in [-0.15, -0.1) is 0 Å². The smallest absolute Gasteiger partial charge is 0.317 e. The molecule has 1 atom stereocenters. The molecule has 2 N–H and O–H groups in total. The van der Waals surface area contributed by atoms with Crippen LogP contribution in [0.2, 0.25) is 0 Å². The Morgan fingerprint density at radius 1 is 1.57 bits per heavy atom. The van der Waals surface area contributed by atoms with Crippen LogP contribution in [-0.2, 0) is 11.2 Å². The molecule has 7 nitrogen and oxygen atoms in total. The molecule has 1 fully saturated rings. The van der Waals surface area contributed by atoms with Gasteiger partial charge in [-0.1, -0.05) is 6.07 Å². The van der Waals surface area contributed by atoms with E-state index in [-0.39, 0.29) is 12.6 Å². The normalized spacial score (nSPS) is 17.6. The first-order chi connectivity index (χ1) is 10.1. The Bertz CT molecular complexity index is 521. The summed E-state index contributed by atoms with van der Waals surface area (Å²) >= 11 is 0. The molecule has 1 aliphatic rings. The molecule has 1 unspecified atom stereocenters. The number of amides is 2. The predicted octanol–water partition coefficient (Wildman–Crippen LogP) is 0.749. The number of urea groups is 1. The van der Waals surface area contributed by atoms with Crippen LogP contribution in [0, 0.1) is 5.92 Å². The maximum absolute atomic E-state index is 11.9. The average molecular weight is 293 g/mol. The number of carbonyl (C=O) groups excluding carboxylic acids is 1. The summed E-state index contributed by atoms with van der Waals surface area (Å²) in [4.78, 5) is 28.4. The Labute approximate surface area is 122 Å². The highest BCUT2D eigenvalue weighted by atomic mass is 16.5. The van der Waals surface area contributed by atoms with Crippen LogP contribution in [0.4, 0.5) is 4.79 Å². The SMILES string of the molecule is COc1ncccc1CCNC(=O)N1CCC(C(=O)O)C1. The quantitative estimate of drug-likeness (QED) is 0.836. The number of rotatable bonds is 5. The van der Waals surface area contributed by atoms with Gasteiger partial charge in [-0.25, -0.2) is 9.78 Å². The number of carbonyl (C=O) groups is 2. The number of methoxy groups -OCH3 is 1. The van der Waals surface area contributed by atoms with E-state index in [9.17, 15) is 9.59 Å². The molecule has 21 heavy (non-hydrogen) atoms. The van der Waals surface area contributed by atoms with Crippen LogP contribution in [0.5, 0.6) is 5.88 Å². The fraction of sp³-hybridized carbons (Fsp3) is 0.500. The van der Waals surface area contributed by atoms with E-state index in [1.807, 2.05) is 12.1 Å². The van der Waals surface area contributed by atoms with Gasteiger partial charge in [-0.3, -0.25) is 4.79 Å². The highest BCUT2D eigenvalue weighted by Crippen LogP contribution is 2.16. The molecule has 2 heterocycles. The zero-order valence-corrected chi connectivity index (χ0v) is 11.9.